The summed E-state index contributed by atoms with van der Waals surface area (Å²) in [5.41, 5.74) is -0.475. The van der Waals surface area contributed by atoms with Gasteiger partial charge in [0.2, 0.25) is 0 Å². The van der Waals surface area contributed by atoms with E-state index in [9.17, 15) is 18.4 Å². The Kier molecular flexibility index (Phi) is 5.65. The summed E-state index contributed by atoms with van der Waals surface area (Å²) in [5, 5.41) is 0. The number of amides is 1. The molecule has 0 radical (unpaired) electrons. The molecule has 138 valence electrons. The summed E-state index contributed by atoms with van der Waals surface area (Å²) in [6.07, 6.45) is -0.212. The van der Waals surface area contributed by atoms with Crippen LogP contribution in [0.2, 0.25) is 0 Å². The van der Waals surface area contributed by atoms with Crippen LogP contribution in [-0.2, 0) is 14.3 Å². The SMILES string of the molecule is COC(=O)[C@H]1CCN(C(=O)OC(C)(C)C)C[C@H]1c1ccc(F)cc1F. The highest BCUT2D eigenvalue weighted by atomic mass is 19.1. The summed E-state index contributed by atoms with van der Waals surface area (Å²) in [4.78, 5) is 25.8. The van der Waals surface area contributed by atoms with E-state index in [2.05, 4.69) is 0 Å². The molecule has 0 aromatic heterocycles. The van der Waals surface area contributed by atoms with Gasteiger partial charge in [-0.1, -0.05) is 6.07 Å². The fourth-order valence-electron chi connectivity index (χ4n) is 3.00. The number of nitrogens with zero attached hydrogens (tertiary/aromatic N) is 1. The Morgan fingerprint density at radius 3 is 2.48 bits per heavy atom. The number of likely N-dealkylation sites (tertiary alicyclic amines) is 1. The molecule has 25 heavy (non-hydrogen) atoms. The molecule has 0 bridgehead atoms. The fraction of sp³-hybridized carbons (Fsp3) is 0.556. The molecule has 0 aliphatic carbocycles. The van der Waals surface area contributed by atoms with Crippen LogP contribution >= 0.6 is 0 Å². The van der Waals surface area contributed by atoms with Crippen molar-refractivity contribution in [1.29, 1.82) is 0 Å². The van der Waals surface area contributed by atoms with Gasteiger partial charge in [-0.3, -0.25) is 4.79 Å². The van der Waals surface area contributed by atoms with E-state index in [0.717, 1.165) is 12.1 Å². The van der Waals surface area contributed by atoms with E-state index in [4.69, 9.17) is 9.47 Å². The molecule has 1 saturated heterocycles. The predicted molar refractivity (Wildman–Crippen MR) is 87.0 cm³/mol. The van der Waals surface area contributed by atoms with Crippen LogP contribution in [0.3, 0.4) is 0 Å². The first kappa shape index (κ1) is 19.1. The van der Waals surface area contributed by atoms with Crippen LogP contribution in [0.25, 0.3) is 0 Å². The fourth-order valence-corrected chi connectivity index (χ4v) is 3.00. The highest BCUT2D eigenvalue weighted by Gasteiger charge is 2.39. The summed E-state index contributed by atoms with van der Waals surface area (Å²) in [6.45, 7) is 5.65. The van der Waals surface area contributed by atoms with Crippen LogP contribution in [0.15, 0.2) is 18.2 Å². The van der Waals surface area contributed by atoms with Gasteiger partial charge < -0.3 is 14.4 Å². The number of piperidine rings is 1. The zero-order valence-corrected chi connectivity index (χ0v) is 14.8. The second-order valence-corrected chi connectivity index (χ2v) is 7.12. The number of carbonyl (C=O) groups is 2. The highest BCUT2D eigenvalue weighted by Crippen LogP contribution is 2.35. The van der Waals surface area contributed by atoms with E-state index in [1.807, 2.05) is 0 Å². The van der Waals surface area contributed by atoms with E-state index in [-0.39, 0.29) is 12.1 Å². The van der Waals surface area contributed by atoms with Crippen molar-refractivity contribution in [2.75, 3.05) is 20.2 Å². The van der Waals surface area contributed by atoms with Crippen LogP contribution < -0.4 is 0 Å². The summed E-state index contributed by atoms with van der Waals surface area (Å²) in [7, 11) is 1.26. The Hall–Kier alpha value is -2.18. The molecule has 1 fully saturated rings. The van der Waals surface area contributed by atoms with E-state index >= 15 is 0 Å². The molecule has 7 heteroatoms. The van der Waals surface area contributed by atoms with Gasteiger partial charge in [-0.25, -0.2) is 13.6 Å². The summed E-state index contributed by atoms with van der Waals surface area (Å²) >= 11 is 0. The summed E-state index contributed by atoms with van der Waals surface area (Å²) < 4.78 is 37.6. The van der Waals surface area contributed by atoms with Crippen molar-refractivity contribution in [2.45, 2.75) is 38.7 Å². The van der Waals surface area contributed by atoms with Gasteiger partial charge in [-0.2, -0.15) is 0 Å². The van der Waals surface area contributed by atoms with Crippen molar-refractivity contribution in [2.24, 2.45) is 5.92 Å². The second kappa shape index (κ2) is 7.37. The third kappa shape index (κ3) is 4.67. The minimum absolute atomic E-state index is 0.0945. The first-order valence-corrected chi connectivity index (χ1v) is 8.13. The molecule has 0 saturated carbocycles. The number of esters is 1. The maximum Gasteiger partial charge on any atom is 0.410 e. The number of methoxy groups -OCH3 is 1. The van der Waals surface area contributed by atoms with Gasteiger partial charge in [0.1, 0.15) is 17.2 Å². The van der Waals surface area contributed by atoms with Gasteiger partial charge in [0.05, 0.1) is 13.0 Å². The number of rotatable bonds is 2. The smallest absolute Gasteiger partial charge is 0.410 e. The number of halogens is 2. The number of benzene rings is 1. The minimum atomic E-state index is -0.745. The van der Waals surface area contributed by atoms with E-state index in [1.54, 1.807) is 20.8 Å². The number of hydrogen-bond acceptors (Lipinski definition) is 4. The molecule has 1 aliphatic rings. The molecule has 0 spiro atoms. The Morgan fingerprint density at radius 1 is 1.24 bits per heavy atom. The van der Waals surface area contributed by atoms with Crippen molar-refractivity contribution in [3.8, 4) is 0 Å². The lowest BCUT2D eigenvalue weighted by atomic mass is 9.80. The number of hydrogen-bond donors (Lipinski definition) is 0. The Bertz CT molecular complexity index is 657. The molecule has 2 rings (SSSR count). The van der Waals surface area contributed by atoms with Gasteiger partial charge in [0.15, 0.2) is 0 Å². The molecule has 0 N–H and O–H groups in total. The lowest BCUT2D eigenvalue weighted by Crippen LogP contribution is -2.47. The molecular weight excluding hydrogens is 332 g/mol. The molecule has 5 nitrogen and oxygen atoms in total. The van der Waals surface area contributed by atoms with Gasteiger partial charge in [0, 0.05) is 25.1 Å². The largest absolute Gasteiger partial charge is 0.469 e. The number of ether oxygens (including phenoxy) is 2. The van der Waals surface area contributed by atoms with Crippen LogP contribution in [0.1, 0.15) is 38.7 Å². The topological polar surface area (TPSA) is 55.8 Å². The Labute approximate surface area is 145 Å². The normalized spacial score (nSPS) is 21.0. The third-order valence-electron chi connectivity index (χ3n) is 4.13. The first-order valence-electron chi connectivity index (χ1n) is 8.13. The first-order chi connectivity index (χ1) is 11.6. The van der Waals surface area contributed by atoms with Gasteiger partial charge in [-0.05, 0) is 38.8 Å². The van der Waals surface area contributed by atoms with Crippen LogP contribution in [0.5, 0.6) is 0 Å². The van der Waals surface area contributed by atoms with Crippen LogP contribution in [0.4, 0.5) is 13.6 Å². The monoisotopic (exact) mass is 355 g/mol. The van der Waals surface area contributed by atoms with Crippen LogP contribution in [0, 0.1) is 17.6 Å². The van der Waals surface area contributed by atoms with E-state index in [0.29, 0.717) is 13.0 Å². The Morgan fingerprint density at radius 2 is 1.92 bits per heavy atom. The lowest BCUT2D eigenvalue weighted by Gasteiger charge is -2.38. The zero-order chi connectivity index (χ0) is 18.8. The minimum Gasteiger partial charge on any atom is -0.469 e. The number of carbonyl (C=O) groups excluding carboxylic acids is 2. The molecule has 1 heterocycles. The molecule has 1 aliphatic heterocycles. The average Bonchev–Trinajstić information content (AvgIpc) is 2.52. The quantitative estimate of drug-likeness (QED) is 0.762. The summed E-state index contributed by atoms with van der Waals surface area (Å²) in [6, 6.07) is 3.22. The van der Waals surface area contributed by atoms with E-state index < -0.39 is 41.1 Å². The maximum atomic E-state index is 14.2. The molecule has 1 amide bonds. The molecular formula is C18H23F2NO4. The van der Waals surface area contributed by atoms with Crippen LogP contribution in [-0.4, -0.2) is 42.8 Å². The standard InChI is InChI=1S/C18H23F2NO4/c1-18(2,3)25-17(23)21-8-7-13(16(22)24-4)14(10-21)12-6-5-11(19)9-15(12)20/h5-6,9,13-14H,7-8,10H2,1-4H3/t13-,14-/m0/s1. The summed E-state index contributed by atoms with van der Waals surface area (Å²) in [5.74, 6) is -3.16. The molecule has 1 aromatic carbocycles. The molecule has 0 unspecified atom stereocenters. The highest BCUT2D eigenvalue weighted by molar-refractivity contribution is 5.75. The zero-order valence-electron chi connectivity index (χ0n) is 14.8. The van der Waals surface area contributed by atoms with Gasteiger partial charge >= 0.3 is 12.1 Å². The van der Waals surface area contributed by atoms with Gasteiger partial charge in [-0.15, -0.1) is 0 Å². The Balaban J connectivity index is 2.29. The lowest BCUT2D eigenvalue weighted by molar-refractivity contribution is -0.148. The van der Waals surface area contributed by atoms with E-state index in [1.165, 1.54) is 18.1 Å². The maximum absolute atomic E-state index is 14.2. The predicted octanol–water partition coefficient (Wildman–Crippen LogP) is 3.48. The molecule has 1 aromatic rings. The average molecular weight is 355 g/mol. The van der Waals surface area contributed by atoms with Gasteiger partial charge in [0.25, 0.3) is 0 Å². The third-order valence-corrected chi connectivity index (χ3v) is 4.13. The van der Waals surface area contributed by atoms with Crippen molar-refractivity contribution >= 4 is 12.1 Å². The van der Waals surface area contributed by atoms with Crippen molar-refractivity contribution in [3.05, 3.63) is 35.4 Å². The second-order valence-electron chi connectivity index (χ2n) is 7.12. The van der Waals surface area contributed by atoms with Crippen molar-refractivity contribution in [1.82, 2.24) is 4.90 Å². The van der Waals surface area contributed by atoms with Crippen molar-refractivity contribution in [3.63, 3.8) is 0 Å². The van der Waals surface area contributed by atoms with Crippen molar-refractivity contribution < 1.29 is 27.8 Å². The molecule has 2 atom stereocenters.